The number of rotatable bonds is 7. The van der Waals surface area contributed by atoms with Crippen LogP contribution in [0.25, 0.3) is 0 Å². The van der Waals surface area contributed by atoms with Gasteiger partial charge in [-0.05, 0) is 6.42 Å². The summed E-state index contributed by atoms with van der Waals surface area (Å²) in [5, 5.41) is 2.74. The van der Waals surface area contributed by atoms with E-state index in [1.807, 2.05) is 0 Å². The van der Waals surface area contributed by atoms with Crippen molar-refractivity contribution in [1.82, 2.24) is 5.32 Å². The molecule has 0 radical (unpaired) electrons. The van der Waals surface area contributed by atoms with Crippen molar-refractivity contribution in [3.8, 4) is 0 Å². The first kappa shape index (κ1) is 11.8. The zero-order valence-corrected chi connectivity index (χ0v) is 8.49. The molecule has 0 spiro atoms. The van der Waals surface area contributed by atoms with Crippen molar-refractivity contribution in [3.05, 3.63) is 0 Å². The van der Waals surface area contributed by atoms with Gasteiger partial charge in [0.1, 0.15) is 0 Å². The molecular formula is C9H18ClNO. The smallest absolute Gasteiger partial charge is 0.220 e. The molecule has 0 saturated carbocycles. The zero-order valence-electron chi connectivity index (χ0n) is 7.74. The van der Waals surface area contributed by atoms with E-state index in [0.717, 1.165) is 12.8 Å². The summed E-state index contributed by atoms with van der Waals surface area (Å²) in [7, 11) is 0. The molecule has 1 amide bonds. The zero-order chi connectivity index (χ0) is 9.23. The van der Waals surface area contributed by atoms with Gasteiger partial charge < -0.3 is 5.32 Å². The van der Waals surface area contributed by atoms with Crippen LogP contribution >= 0.6 is 11.6 Å². The fourth-order valence-electron chi connectivity index (χ4n) is 0.987. The van der Waals surface area contributed by atoms with Crippen molar-refractivity contribution in [2.24, 2.45) is 0 Å². The standard InChI is InChI=1S/C9H18ClNO/c1-2-3-4-5-6-9(12)11-8-7-10/h2-8H2,1H3,(H,11,12). The van der Waals surface area contributed by atoms with Crippen molar-refractivity contribution in [1.29, 1.82) is 0 Å². The highest BCUT2D eigenvalue weighted by atomic mass is 35.5. The highest BCUT2D eigenvalue weighted by Gasteiger charge is 1.98. The lowest BCUT2D eigenvalue weighted by molar-refractivity contribution is -0.121. The number of alkyl halides is 1. The van der Waals surface area contributed by atoms with E-state index in [1.165, 1.54) is 12.8 Å². The number of amides is 1. The van der Waals surface area contributed by atoms with E-state index < -0.39 is 0 Å². The van der Waals surface area contributed by atoms with E-state index in [-0.39, 0.29) is 5.91 Å². The summed E-state index contributed by atoms with van der Waals surface area (Å²) in [6.45, 7) is 2.75. The van der Waals surface area contributed by atoms with E-state index in [9.17, 15) is 4.79 Å². The molecular weight excluding hydrogens is 174 g/mol. The van der Waals surface area contributed by atoms with Gasteiger partial charge in [-0.3, -0.25) is 4.79 Å². The second kappa shape index (κ2) is 8.85. The molecule has 0 unspecified atom stereocenters. The highest BCUT2D eigenvalue weighted by molar-refractivity contribution is 6.18. The molecule has 1 N–H and O–H groups in total. The van der Waals surface area contributed by atoms with Gasteiger partial charge in [-0.15, -0.1) is 11.6 Å². The van der Waals surface area contributed by atoms with Crippen molar-refractivity contribution >= 4 is 17.5 Å². The predicted octanol–water partition coefficient (Wildman–Crippen LogP) is 2.31. The Bertz CT molecular complexity index is 117. The van der Waals surface area contributed by atoms with Gasteiger partial charge in [0, 0.05) is 18.8 Å². The van der Waals surface area contributed by atoms with Crippen LogP contribution in [0.1, 0.15) is 39.0 Å². The number of carbonyl (C=O) groups excluding carboxylic acids is 1. The van der Waals surface area contributed by atoms with E-state index in [0.29, 0.717) is 18.8 Å². The van der Waals surface area contributed by atoms with Crippen LogP contribution in [-0.4, -0.2) is 18.3 Å². The second-order valence-electron chi connectivity index (χ2n) is 2.85. The maximum absolute atomic E-state index is 11.0. The summed E-state index contributed by atoms with van der Waals surface area (Å²) in [6.07, 6.45) is 5.25. The van der Waals surface area contributed by atoms with Gasteiger partial charge in [0.25, 0.3) is 0 Å². The van der Waals surface area contributed by atoms with E-state index in [4.69, 9.17) is 11.6 Å². The van der Waals surface area contributed by atoms with Crippen LogP contribution in [-0.2, 0) is 4.79 Å². The Kier molecular flexibility index (Phi) is 8.68. The largest absolute Gasteiger partial charge is 0.355 e. The minimum Gasteiger partial charge on any atom is -0.355 e. The van der Waals surface area contributed by atoms with Gasteiger partial charge >= 0.3 is 0 Å². The third-order valence-corrected chi connectivity index (χ3v) is 1.86. The van der Waals surface area contributed by atoms with Crippen LogP contribution in [0.3, 0.4) is 0 Å². The molecule has 3 heteroatoms. The maximum atomic E-state index is 11.0. The summed E-state index contributed by atoms with van der Waals surface area (Å²) < 4.78 is 0. The summed E-state index contributed by atoms with van der Waals surface area (Å²) in [5.41, 5.74) is 0. The van der Waals surface area contributed by atoms with E-state index in [2.05, 4.69) is 12.2 Å². The van der Waals surface area contributed by atoms with Crippen LogP contribution in [0, 0.1) is 0 Å². The molecule has 0 aliphatic rings. The topological polar surface area (TPSA) is 29.1 Å². The second-order valence-corrected chi connectivity index (χ2v) is 3.23. The fourth-order valence-corrected chi connectivity index (χ4v) is 1.08. The van der Waals surface area contributed by atoms with Crippen molar-refractivity contribution in [2.45, 2.75) is 39.0 Å². The lowest BCUT2D eigenvalue weighted by Gasteiger charge is -2.01. The van der Waals surface area contributed by atoms with Gasteiger partial charge in [0.2, 0.25) is 5.91 Å². The number of carbonyl (C=O) groups is 1. The Balaban J connectivity index is 3.08. The SMILES string of the molecule is CCCCCCC(=O)NCCCl. The molecule has 0 aliphatic carbocycles. The van der Waals surface area contributed by atoms with Crippen LogP contribution in [0.15, 0.2) is 0 Å². The molecule has 0 saturated heterocycles. The number of halogens is 1. The lowest BCUT2D eigenvalue weighted by atomic mass is 10.1. The Morgan fingerprint density at radius 1 is 1.33 bits per heavy atom. The number of nitrogens with one attached hydrogen (secondary N) is 1. The van der Waals surface area contributed by atoms with Gasteiger partial charge in [0.05, 0.1) is 0 Å². The van der Waals surface area contributed by atoms with E-state index in [1.54, 1.807) is 0 Å². The molecule has 0 atom stereocenters. The van der Waals surface area contributed by atoms with Crippen LogP contribution in [0.5, 0.6) is 0 Å². The van der Waals surface area contributed by atoms with Crippen molar-refractivity contribution < 1.29 is 4.79 Å². The monoisotopic (exact) mass is 191 g/mol. The molecule has 0 fully saturated rings. The highest BCUT2D eigenvalue weighted by Crippen LogP contribution is 2.01. The number of unbranched alkanes of at least 4 members (excludes halogenated alkanes) is 3. The third kappa shape index (κ3) is 7.86. The first-order valence-electron chi connectivity index (χ1n) is 4.64. The number of hydrogen-bond acceptors (Lipinski definition) is 1. The molecule has 0 aromatic carbocycles. The molecule has 12 heavy (non-hydrogen) atoms. The Hall–Kier alpha value is -0.240. The Morgan fingerprint density at radius 3 is 2.67 bits per heavy atom. The lowest BCUT2D eigenvalue weighted by Crippen LogP contribution is -2.24. The normalized spacial score (nSPS) is 9.83. The van der Waals surface area contributed by atoms with Crippen LogP contribution < -0.4 is 5.32 Å². The Morgan fingerprint density at radius 2 is 2.08 bits per heavy atom. The van der Waals surface area contributed by atoms with Gasteiger partial charge in [-0.1, -0.05) is 26.2 Å². The first-order valence-corrected chi connectivity index (χ1v) is 5.17. The average molecular weight is 192 g/mol. The average Bonchev–Trinajstić information content (AvgIpc) is 2.09. The molecule has 0 heterocycles. The molecule has 0 rings (SSSR count). The van der Waals surface area contributed by atoms with Gasteiger partial charge in [0.15, 0.2) is 0 Å². The molecule has 72 valence electrons. The number of hydrogen-bond donors (Lipinski definition) is 1. The van der Waals surface area contributed by atoms with Crippen molar-refractivity contribution in [2.75, 3.05) is 12.4 Å². The minimum absolute atomic E-state index is 0.131. The van der Waals surface area contributed by atoms with Crippen LogP contribution in [0.4, 0.5) is 0 Å². The summed E-state index contributed by atoms with van der Waals surface area (Å²) in [6, 6.07) is 0. The van der Waals surface area contributed by atoms with Crippen LogP contribution in [0.2, 0.25) is 0 Å². The third-order valence-electron chi connectivity index (χ3n) is 1.67. The molecule has 0 aliphatic heterocycles. The molecule has 0 bridgehead atoms. The fraction of sp³-hybridized carbons (Fsp3) is 0.889. The van der Waals surface area contributed by atoms with Gasteiger partial charge in [-0.2, -0.15) is 0 Å². The Labute approximate surface area is 79.7 Å². The molecule has 2 nitrogen and oxygen atoms in total. The molecule has 0 aromatic rings. The summed E-state index contributed by atoms with van der Waals surface area (Å²) in [5.74, 6) is 0.632. The van der Waals surface area contributed by atoms with Gasteiger partial charge in [-0.25, -0.2) is 0 Å². The summed E-state index contributed by atoms with van der Waals surface area (Å²) in [4.78, 5) is 11.0. The first-order chi connectivity index (χ1) is 5.81. The van der Waals surface area contributed by atoms with E-state index >= 15 is 0 Å². The molecule has 0 aromatic heterocycles. The predicted molar refractivity (Wildman–Crippen MR) is 52.5 cm³/mol. The van der Waals surface area contributed by atoms with Crippen molar-refractivity contribution in [3.63, 3.8) is 0 Å². The quantitative estimate of drug-likeness (QED) is 0.486. The minimum atomic E-state index is 0.131. The summed E-state index contributed by atoms with van der Waals surface area (Å²) >= 11 is 5.41. The maximum Gasteiger partial charge on any atom is 0.220 e.